The van der Waals surface area contributed by atoms with E-state index >= 15 is 0 Å². The zero-order valence-electron chi connectivity index (χ0n) is 9.43. The van der Waals surface area contributed by atoms with Gasteiger partial charge in [-0.25, -0.2) is 4.79 Å². The van der Waals surface area contributed by atoms with Crippen LogP contribution in [0.25, 0.3) is 0 Å². The highest BCUT2D eigenvalue weighted by molar-refractivity contribution is 5.75. The van der Waals surface area contributed by atoms with Crippen LogP contribution in [0.15, 0.2) is 0 Å². The van der Waals surface area contributed by atoms with Crippen molar-refractivity contribution in [1.82, 2.24) is 10.2 Å². The number of urea groups is 1. The van der Waals surface area contributed by atoms with Crippen molar-refractivity contribution in [3.8, 4) is 0 Å². The Morgan fingerprint density at radius 2 is 2.12 bits per heavy atom. The van der Waals surface area contributed by atoms with Crippen molar-refractivity contribution in [1.29, 1.82) is 0 Å². The lowest BCUT2D eigenvalue weighted by Crippen LogP contribution is -2.52. The van der Waals surface area contributed by atoms with Gasteiger partial charge in [0.1, 0.15) is 0 Å². The highest BCUT2D eigenvalue weighted by Gasteiger charge is 2.30. The summed E-state index contributed by atoms with van der Waals surface area (Å²) in [5.41, 5.74) is 0. The minimum absolute atomic E-state index is 0.00843. The molecular weight excluding hydrogens is 208 g/mol. The summed E-state index contributed by atoms with van der Waals surface area (Å²) in [6, 6.07) is 0.0526. The number of nitrogens with zero attached hydrogens (tertiary/aromatic N) is 1. The van der Waals surface area contributed by atoms with Crippen molar-refractivity contribution in [3.63, 3.8) is 0 Å². The van der Waals surface area contributed by atoms with Crippen LogP contribution in [0.5, 0.6) is 0 Å². The minimum Gasteiger partial charge on any atom is -0.396 e. The van der Waals surface area contributed by atoms with Gasteiger partial charge in [0, 0.05) is 31.7 Å². The third-order valence-electron chi connectivity index (χ3n) is 3.66. The maximum Gasteiger partial charge on any atom is 0.317 e. The number of aliphatic hydroxyl groups is 2. The molecular formula is C11H20N2O3. The van der Waals surface area contributed by atoms with Gasteiger partial charge in [0.25, 0.3) is 0 Å². The first-order valence-corrected chi connectivity index (χ1v) is 6.05. The van der Waals surface area contributed by atoms with E-state index in [0.717, 1.165) is 32.4 Å². The molecule has 3 N–H and O–H groups in total. The molecule has 1 saturated heterocycles. The van der Waals surface area contributed by atoms with Crippen molar-refractivity contribution in [2.24, 2.45) is 5.92 Å². The van der Waals surface area contributed by atoms with Crippen LogP contribution in [0, 0.1) is 5.92 Å². The molecule has 2 rings (SSSR count). The molecule has 1 saturated carbocycles. The highest BCUT2D eigenvalue weighted by Crippen LogP contribution is 2.24. The molecule has 1 heterocycles. The standard InChI is InChI=1S/C11H20N2O3/c14-7-8-2-3-9(6-10(8)15)12-11(16)13-4-1-5-13/h8-10,14-15H,1-7H2,(H,12,16)/t8?,9-,10-/m0/s1. The Balaban J connectivity index is 1.76. The SMILES string of the molecule is O=C(N[C@H]1CCC(CO)[C@@H](O)C1)N1CCC1. The van der Waals surface area contributed by atoms with Gasteiger partial charge in [-0.2, -0.15) is 0 Å². The van der Waals surface area contributed by atoms with Gasteiger partial charge < -0.3 is 20.4 Å². The maximum absolute atomic E-state index is 11.6. The van der Waals surface area contributed by atoms with Crippen molar-refractivity contribution < 1.29 is 15.0 Å². The molecule has 0 aromatic carbocycles. The molecule has 92 valence electrons. The molecule has 0 aromatic rings. The number of hydrogen-bond acceptors (Lipinski definition) is 3. The number of nitrogens with one attached hydrogen (secondary N) is 1. The molecule has 2 fully saturated rings. The van der Waals surface area contributed by atoms with Crippen molar-refractivity contribution in [2.75, 3.05) is 19.7 Å². The number of likely N-dealkylation sites (tertiary alicyclic amines) is 1. The Bertz CT molecular complexity index is 256. The van der Waals surface area contributed by atoms with Gasteiger partial charge in [0.15, 0.2) is 0 Å². The first-order valence-electron chi connectivity index (χ1n) is 6.05. The Labute approximate surface area is 95.4 Å². The topological polar surface area (TPSA) is 72.8 Å². The van der Waals surface area contributed by atoms with E-state index in [1.807, 2.05) is 0 Å². The fraction of sp³-hybridized carbons (Fsp3) is 0.909. The van der Waals surface area contributed by atoms with E-state index in [-0.39, 0.29) is 24.6 Å². The average Bonchev–Trinajstić information content (AvgIpc) is 2.15. The van der Waals surface area contributed by atoms with Gasteiger partial charge in [-0.15, -0.1) is 0 Å². The van der Waals surface area contributed by atoms with Gasteiger partial charge in [0.2, 0.25) is 0 Å². The second-order valence-electron chi connectivity index (χ2n) is 4.81. The zero-order valence-corrected chi connectivity index (χ0v) is 9.43. The number of carbonyl (C=O) groups is 1. The van der Waals surface area contributed by atoms with Gasteiger partial charge in [-0.1, -0.05) is 0 Å². The van der Waals surface area contributed by atoms with E-state index in [0.29, 0.717) is 6.42 Å². The highest BCUT2D eigenvalue weighted by atomic mass is 16.3. The van der Waals surface area contributed by atoms with Crippen LogP contribution in [-0.4, -0.2) is 53.0 Å². The lowest BCUT2D eigenvalue weighted by molar-refractivity contribution is 0.0246. The Morgan fingerprint density at radius 3 is 2.62 bits per heavy atom. The van der Waals surface area contributed by atoms with Crippen molar-refractivity contribution in [2.45, 2.75) is 37.8 Å². The van der Waals surface area contributed by atoms with Crippen LogP contribution in [-0.2, 0) is 0 Å². The molecule has 0 spiro atoms. The predicted octanol–water partition coefficient (Wildman–Crippen LogP) is -0.0764. The Morgan fingerprint density at radius 1 is 1.38 bits per heavy atom. The molecule has 5 heteroatoms. The van der Waals surface area contributed by atoms with Gasteiger partial charge in [-0.05, 0) is 25.7 Å². The Kier molecular flexibility index (Phi) is 3.66. The summed E-state index contributed by atoms with van der Waals surface area (Å²) < 4.78 is 0. The van der Waals surface area contributed by atoms with E-state index in [2.05, 4.69) is 5.32 Å². The fourth-order valence-corrected chi connectivity index (χ4v) is 2.34. The summed E-state index contributed by atoms with van der Waals surface area (Å²) in [7, 11) is 0. The maximum atomic E-state index is 11.6. The molecule has 3 atom stereocenters. The summed E-state index contributed by atoms with van der Waals surface area (Å²) in [4.78, 5) is 13.4. The van der Waals surface area contributed by atoms with Crippen LogP contribution >= 0.6 is 0 Å². The van der Waals surface area contributed by atoms with E-state index in [4.69, 9.17) is 5.11 Å². The largest absolute Gasteiger partial charge is 0.396 e. The van der Waals surface area contributed by atoms with Crippen LogP contribution in [0.4, 0.5) is 4.79 Å². The summed E-state index contributed by atoms with van der Waals surface area (Å²) in [6.07, 6.45) is 2.79. The quantitative estimate of drug-likeness (QED) is 0.619. The number of hydrogen-bond donors (Lipinski definition) is 3. The van der Waals surface area contributed by atoms with Crippen LogP contribution in [0.1, 0.15) is 25.7 Å². The summed E-state index contributed by atoms with van der Waals surface area (Å²) in [5, 5.41) is 21.7. The molecule has 1 unspecified atom stereocenters. The number of amides is 2. The van der Waals surface area contributed by atoms with Gasteiger partial charge in [0.05, 0.1) is 6.10 Å². The molecule has 1 aliphatic heterocycles. The average molecular weight is 228 g/mol. The van der Waals surface area contributed by atoms with Gasteiger partial charge in [-0.3, -0.25) is 0 Å². The second kappa shape index (κ2) is 5.01. The van der Waals surface area contributed by atoms with Crippen LogP contribution in [0.2, 0.25) is 0 Å². The third kappa shape index (κ3) is 2.47. The molecule has 1 aliphatic carbocycles. The van der Waals surface area contributed by atoms with Crippen molar-refractivity contribution in [3.05, 3.63) is 0 Å². The predicted molar refractivity (Wildman–Crippen MR) is 58.9 cm³/mol. The fourth-order valence-electron chi connectivity index (χ4n) is 2.34. The third-order valence-corrected chi connectivity index (χ3v) is 3.66. The zero-order chi connectivity index (χ0) is 11.5. The smallest absolute Gasteiger partial charge is 0.317 e. The molecule has 0 radical (unpaired) electrons. The molecule has 2 amide bonds. The van der Waals surface area contributed by atoms with E-state index in [9.17, 15) is 9.90 Å². The molecule has 2 aliphatic rings. The summed E-state index contributed by atoms with van der Waals surface area (Å²) in [5.74, 6) is -0.0165. The number of rotatable bonds is 2. The molecule has 5 nitrogen and oxygen atoms in total. The Hall–Kier alpha value is -0.810. The molecule has 0 aromatic heterocycles. The lowest BCUT2D eigenvalue weighted by Gasteiger charge is -2.36. The van der Waals surface area contributed by atoms with Crippen molar-refractivity contribution >= 4 is 6.03 Å². The summed E-state index contributed by atoms with van der Waals surface area (Å²) >= 11 is 0. The van der Waals surface area contributed by atoms with Crippen LogP contribution in [0.3, 0.4) is 0 Å². The van der Waals surface area contributed by atoms with E-state index in [1.54, 1.807) is 4.90 Å². The molecule has 0 bridgehead atoms. The van der Waals surface area contributed by atoms with E-state index in [1.165, 1.54) is 0 Å². The lowest BCUT2D eigenvalue weighted by atomic mass is 9.84. The first-order chi connectivity index (χ1) is 7.70. The monoisotopic (exact) mass is 228 g/mol. The normalized spacial score (nSPS) is 34.4. The molecule has 16 heavy (non-hydrogen) atoms. The van der Waals surface area contributed by atoms with E-state index < -0.39 is 6.10 Å². The second-order valence-corrected chi connectivity index (χ2v) is 4.81. The van der Waals surface area contributed by atoms with Gasteiger partial charge >= 0.3 is 6.03 Å². The number of aliphatic hydroxyl groups excluding tert-OH is 2. The number of carbonyl (C=O) groups excluding carboxylic acids is 1. The summed E-state index contributed by atoms with van der Waals surface area (Å²) in [6.45, 7) is 1.73. The minimum atomic E-state index is -0.486. The van der Waals surface area contributed by atoms with Crippen LogP contribution < -0.4 is 5.32 Å². The first kappa shape index (κ1) is 11.7.